The lowest BCUT2D eigenvalue weighted by atomic mass is 9.94. The van der Waals surface area contributed by atoms with E-state index in [1.807, 2.05) is 13.8 Å². The van der Waals surface area contributed by atoms with Gasteiger partial charge in [-0.2, -0.15) is 0 Å². The molecule has 8 nitrogen and oxygen atoms in total. The Morgan fingerprint density at radius 3 is 2.41 bits per heavy atom. The van der Waals surface area contributed by atoms with Gasteiger partial charge in [0.15, 0.2) is 4.80 Å². The van der Waals surface area contributed by atoms with E-state index in [1.165, 1.54) is 23.0 Å². The molecule has 0 saturated heterocycles. The van der Waals surface area contributed by atoms with Gasteiger partial charge in [-0.1, -0.05) is 22.9 Å². The van der Waals surface area contributed by atoms with Crippen LogP contribution in [0.25, 0.3) is 6.08 Å². The summed E-state index contributed by atoms with van der Waals surface area (Å²) in [4.78, 5) is 32.5. The molecule has 4 rings (SSSR count). The van der Waals surface area contributed by atoms with Crippen LogP contribution in [0.2, 0.25) is 5.02 Å². The monoisotopic (exact) mass is 570 g/mol. The highest BCUT2D eigenvalue weighted by Crippen LogP contribution is 2.38. The number of nitrogens with zero attached hydrogens (tertiary/aromatic N) is 2. The first kappa shape index (κ1) is 28.4. The maximum atomic E-state index is 14.0. The molecule has 2 aromatic carbocycles. The number of methoxy groups -OCH3 is 2. The van der Waals surface area contributed by atoms with E-state index >= 15 is 0 Å². The van der Waals surface area contributed by atoms with Gasteiger partial charge in [0.2, 0.25) is 0 Å². The molecule has 1 atom stereocenters. The number of carbonyl (C=O) groups is 1. The highest BCUT2D eigenvalue weighted by Gasteiger charge is 2.35. The fourth-order valence-corrected chi connectivity index (χ4v) is 5.56. The summed E-state index contributed by atoms with van der Waals surface area (Å²) in [6.45, 7) is 9.12. The van der Waals surface area contributed by atoms with E-state index in [9.17, 15) is 9.59 Å². The Balaban J connectivity index is 2.01. The predicted octanol–water partition coefficient (Wildman–Crippen LogP) is 4.64. The highest BCUT2D eigenvalue weighted by atomic mass is 35.5. The van der Waals surface area contributed by atoms with Crippen molar-refractivity contribution in [3.8, 4) is 17.2 Å². The van der Waals surface area contributed by atoms with Gasteiger partial charge in [-0.3, -0.25) is 9.36 Å². The van der Waals surface area contributed by atoms with Gasteiger partial charge in [0, 0.05) is 16.1 Å². The molecule has 0 unspecified atom stereocenters. The molecular weight excluding hydrogens is 540 g/mol. The van der Waals surface area contributed by atoms with E-state index in [1.54, 1.807) is 70.4 Å². The van der Waals surface area contributed by atoms with E-state index in [-0.39, 0.29) is 23.3 Å². The number of esters is 1. The second-order valence-corrected chi connectivity index (χ2v) is 10.9. The van der Waals surface area contributed by atoms with Crippen LogP contribution in [-0.2, 0) is 9.53 Å². The minimum absolute atomic E-state index is 0.0720. The van der Waals surface area contributed by atoms with E-state index in [2.05, 4.69) is 4.99 Å². The zero-order valence-electron chi connectivity index (χ0n) is 22.9. The number of thiazole rings is 1. The number of ether oxygens (including phenoxy) is 4. The lowest BCUT2D eigenvalue weighted by Crippen LogP contribution is -2.40. The first-order chi connectivity index (χ1) is 18.5. The SMILES string of the molecule is COc1ccc(OC)c([C@@H]2C(C(=O)OC(C)C)=C(C)N=c3s/c(=C\c4cc(Cl)ccc4OC(C)C)c(=O)n32)c1. The second-order valence-electron chi connectivity index (χ2n) is 9.49. The maximum absolute atomic E-state index is 14.0. The molecule has 0 radical (unpaired) electrons. The molecule has 39 heavy (non-hydrogen) atoms. The second kappa shape index (κ2) is 11.7. The molecule has 0 amide bonds. The summed E-state index contributed by atoms with van der Waals surface area (Å²) >= 11 is 7.50. The molecule has 1 aliphatic heterocycles. The lowest BCUT2D eigenvalue weighted by molar-refractivity contribution is -0.143. The molecule has 2 heterocycles. The van der Waals surface area contributed by atoms with E-state index < -0.39 is 12.0 Å². The third-order valence-electron chi connectivity index (χ3n) is 5.94. The summed E-state index contributed by atoms with van der Waals surface area (Å²) in [6.07, 6.45) is 1.30. The van der Waals surface area contributed by atoms with Gasteiger partial charge in [0.05, 0.1) is 42.2 Å². The zero-order valence-corrected chi connectivity index (χ0v) is 24.5. The zero-order chi connectivity index (χ0) is 28.4. The number of carbonyl (C=O) groups excluding carboxylic acids is 1. The van der Waals surface area contributed by atoms with Gasteiger partial charge >= 0.3 is 5.97 Å². The molecule has 3 aromatic rings. The van der Waals surface area contributed by atoms with Crippen LogP contribution in [-0.4, -0.2) is 37.0 Å². The van der Waals surface area contributed by atoms with E-state index in [0.29, 0.717) is 48.4 Å². The average Bonchev–Trinajstić information content (AvgIpc) is 3.17. The Labute approximate surface area is 235 Å². The Kier molecular flexibility index (Phi) is 8.51. The van der Waals surface area contributed by atoms with E-state index in [0.717, 1.165) is 0 Å². The molecule has 0 saturated carbocycles. The number of fused-ring (bicyclic) bond motifs is 1. The smallest absolute Gasteiger partial charge is 0.338 e. The van der Waals surface area contributed by atoms with Crippen LogP contribution in [0.5, 0.6) is 17.2 Å². The number of hydrogen-bond acceptors (Lipinski definition) is 8. The Hall–Kier alpha value is -3.56. The van der Waals surface area contributed by atoms with Crippen molar-refractivity contribution < 1.29 is 23.7 Å². The van der Waals surface area contributed by atoms with Crippen molar-refractivity contribution in [2.75, 3.05) is 14.2 Å². The molecular formula is C29H31ClN2O6S. The average molecular weight is 571 g/mol. The van der Waals surface area contributed by atoms with Crippen LogP contribution < -0.4 is 29.1 Å². The van der Waals surface area contributed by atoms with Crippen molar-refractivity contribution in [1.82, 2.24) is 4.57 Å². The first-order valence-electron chi connectivity index (χ1n) is 12.5. The molecule has 0 spiro atoms. The summed E-state index contributed by atoms with van der Waals surface area (Å²) < 4.78 is 24.6. The van der Waals surface area contributed by atoms with Gasteiger partial charge in [-0.05, 0) is 77.1 Å². The van der Waals surface area contributed by atoms with Crippen molar-refractivity contribution in [2.24, 2.45) is 4.99 Å². The third kappa shape index (κ3) is 5.89. The molecule has 1 aliphatic rings. The van der Waals surface area contributed by atoms with Crippen molar-refractivity contribution in [2.45, 2.75) is 52.9 Å². The first-order valence-corrected chi connectivity index (χ1v) is 13.6. The Bertz CT molecular complexity index is 1620. The normalized spacial score (nSPS) is 15.3. The van der Waals surface area contributed by atoms with Gasteiger partial charge in [-0.15, -0.1) is 0 Å². The topological polar surface area (TPSA) is 88.4 Å². The summed E-state index contributed by atoms with van der Waals surface area (Å²) in [5, 5.41) is 0.513. The van der Waals surface area contributed by atoms with Crippen molar-refractivity contribution >= 4 is 35.0 Å². The number of benzene rings is 2. The van der Waals surface area contributed by atoms with Crippen LogP contribution in [0.3, 0.4) is 0 Å². The number of halogens is 1. The number of aromatic nitrogens is 1. The van der Waals surface area contributed by atoms with E-state index in [4.69, 9.17) is 30.5 Å². The van der Waals surface area contributed by atoms with Crippen molar-refractivity contribution in [3.05, 3.63) is 83.5 Å². The van der Waals surface area contributed by atoms with Gasteiger partial charge in [-0.25, -0.2) is 9.79 Å². The van der Waals surface area contributed by atoms with Crippen LogP contribution in [0, 0.1) is 0 Å². The number of hydrogen-bond donors (Lipinski definition) is 0. The largest absolute Gasteiger partial charge is 0.497 e. The van der Waals surface area contributed by atoms with Crippen LogP contribution >= 0.6 is 22.9 Å². The predicted molar refractivity (Wildman–Crippen MR) is 152 cm³/mol. The Morgan fingerprint density at radius 2 is 1.77 bits per heavy atom. The number of rotatable bonds is 8. The molecule has 1 aromatic heterocycles. The van der Waals surface area contributed by atoms with Crippen LogP contribution in [0.15, 0.2) is 57.5 Å². The fourth-order valence-electron chi connectivity index (χ4n) is 4.34. The molecule has 0 aliphatic carbocycles. The maximum Gasteiger partial charge on any atom is 0.338 e. The van der Waals surface area contributed by atoms with Crippen molar-refractivity contribution in [3.63, 3.8) is 0 Å². The summed E-state index contributed by atoms with van der Waals surface area (Å²) in [5.41, 5.74) is 1.61. The molecule has 10 heteroatoms. The number of allylic oxidation sites excluding steroid dienone is 1. The summed E-state index contributed by atoms with van der Waals surface area (Å²) in [5.74, 6) is 1.08. The quantitative estimate of drug-likeness (QED) is 0.367. The molecule has 206 valence electrons. The highest BCUT2D eigenvalue weighted by molar-refractivity contribution is 7.07. The standard InChI is InChI=1S/C29H31ClN2O6S/c1-15(2)37-22-10-8-19(30)12-18(22)13-24-27(33)32-26(21-14-20(35-6)9-11-23(21)36-7)25(28(34)38-16(3)4)17(5)31-29(32)39-24/h8-16,26H,1-7H3/b24-13-/t26-/m1/s1. The summed E-state index contributed by atoms with van der Waals surface area (Å²) in [7, 11) is 3.08. The molecule has 0 N–H and O–H groups in total. The minimum atomic E-state index is -0.856. The Morgan fingerprint density at radius 1 is 1.05 bits per heavy atom. The van der Waals surface area contributed by atoms with Gasteiger partial charge in [0.25, 0.3) is 5.56 Å². The van der Waals surface area contributed by atoms with Gasteiger partial charge < -0.3 is 18.9 Å². The molecule has 0 bridgehead atoms. The van der Waals surface area contributed by atoms with Crippen LogP contribution in [0.4, 0.5) is 0 Å². The van der Waals surface area contributed by atoms with Crippen LogP contribution in [0.1, 0.15) is 51.8 Å². The van der Waals surface area contributed by atoms with Crippen molar-refractivity contribution in [1.29, 1.82) is 0 Å². The molecule has 0 fully saturated rings. The van der Waals surface area contributed by atoms with Gasteiger partial charge in [0.1, 0.15) is 23.3 Å². The lowest BCUT2D eigenvalue weighted by Gasteiger charge is -2.26. The third-order valence-corrected chi connectivity index (χ3v) is 7.15. The minimum Gasteiger partial charge on any atom is -0.497 e. The summed E-state index contributed by atoms with van der Waals surface area (Å²) in [6, 6.07) is 9.66. The fraction of sp³-hybridized carbons (Fsp3) is 0.345.